The van der Waals surface area contributed by atoms with Crippen LogP contribution in [0.3, 0.4) is 0 Å². The molecule has 0 amide bonds. The first kappa shape index (κ1) is 24.3. The predicted octanol–water partition coefficient (Wildman–Crippen LogP) is 3.01. The fourth-order valence-electron chi connectivity index (χ4n) is 4.05. The summed E-state index contributed by atoms with van der Waals surface area (Å²) in [5, 5.41) is 0. The van der Waals surface area contributed by atoms with E-state index < -0.39 is 40.0 Å². The number of fused-ring (bicyclic) bond motifs is 1. The summed E-state index contributed by atoms with van der Waals surface area (Å²) < 4.78 is 59.4. The van der Waals surface area contributed by atoms with E-state index in [9.17, 15) is 8.42 Å². The number of hydrogen-bond acceptors (Lipinski definition) is 8. The number of rotatable bonds is 10. The SMILES string of the molecule is CC1(C)O[C@H]2O[C@@](COCc3ccccc3)(COS(C)(=O)=O)[C@@H](OCc3ccccc3)[C@H]2O1. The Morgan fingerprint density at radius 1 is 0.848 bits per heavy atom. The van der Waals surface area contributed by atoms with Gasteiger partial charge in [0, 0.05) is 0 Å². The lowest BCUT2D eigenvalue weighted by atomic mass is 9.96. The number of benzene rings is 2. The summed E-state index contributed by atoms with van der Waals surface area (Å²) in [6.45, 7) is 3.92. The van der Waals surface area contributed by atoms with Gasteiger partial charge >= 0.3 is 0 Å². The van der Waals surface area contributed by atoms with Crippen molar-refractivity contribution in [1.29, 1.82) is 0 Å². The molecule has 0 radical (unpaired) electrons. The summed E-state index contributed by atoms with van der Waals surface area (Å²) in [7, 11) is -3.74. The van der Waals surface area contributed by atoms with Crippen LogP contribution >= 0.6 is 0 Å². The minimum atomic E-state index is -3.74. The Labute approximate surface area is 194 Å². The molecule has 4 atom stereocenters. The lowest BCUT2D eigenvalue weighted by molar-refractivity contribution is -0.260. The van der Waals surface area contributed by atoms with Crippen LogP contribution < -0.4 is 0 Å². The summed E-state index contributed by atoms with van der Waals surface area (Å²) in [6.07, 6.45) is -1.02. The molecule has 180 valence electrons. The zero-order valence-corrected chi connectivity index (χ0v) is 19.8. The van der Waals surface area contributed by atoms with Crippen LogP contribution in [0.5, 0.6) is 0 Å². The molecule has 2 fully saturated rings. The van der Waals surface area contributed by atoms with Gasteiger partial charge in [-0.1, -0.05) is 60.7 Å². The molecule has 2 saturated heterocycles. The first-order valence-electron chi connectivity index (χ1n) is 10.8. The summed E-state index contributed by atoms with van der Waals surface area (Å²) >= 11 is 0. The topological polar surface area (TPSA) is 89.5 Å². The molecular formula is C24H30O8S. The number of hydrogen-bond donors (Lipinski definition) is 0. The third-order valence-electron chi connectivity index (χ3n) is 5.50. The van der Waals surface area contributed by atoms with Crippen molar-refractivity contribution in [2.45, 2.75) is 56.9 Å². The summed E-state index contributed by atoms with van der Waals surface area (Å²) in [6, 6.07) is 19.3. The Balaban J connectivity index is 1.57. The largest absolute Gasteiger partial charge is 0.374 e. The molecule has 8 nitrogen and oxygen atoms in total. The third-order valence-corrected chi connectivity index (χ3v) is 6.05. The first-order chi connectivity index (χ1) is 15.7. The van der Waals surface area contributed by atoms with E-state index in [2.05, 4.69) is 0 Å². The smallest absolute Gasteiger partial charge is 0.264 e. The normalized spacial score (nSPS) is 28.6. The highest BCUT2D eigenvalue weighted by Crippen LogP contribution is 2.44. The molecule has 33 heavy (non-hydrogen) atoms. The molecule has 0 spiro atoms. The van der Waals surface area contributed by atoms with Gasteiger partial charge in [0.2, 0.25) is 0 Å². The van der Waals surface area contributed by atoms with Crippen LogP contribution in [0.2, 0.25) is 0 Å². The summed E-state index contributed by atoms with van der Waals surface area (Å²) in [5.74, 6) is -0.863. The summed E-state index contributed by atoms with van der Waals surface area (Å²) in [4.78, 5) is 0. The molecule has 2 aliphatic heterocycles. The maximum atomic E-state index is 11.8. The Morgan fingerprint density at radius 3 is 2.06 bits per heavy atom. The Kier molecular flexibility index (Phi) is 7.20. The highest BCUT2D eigenvalue weighted by molar-refractivity contribution is 7.85. The zero-order valence-electron chi connectivity index (χ0n) is 19.0. The van der Waals surface area contributed by atoms with Gasteiger partial charge in [0.15, 0.2) is 12.1 Å². The van der Waals surface area contributed by atoms with Crippen molar-refractivity contribution >= 4 is 10.1 Å². The quantitative estimate of drug-likeness (QED) is 0.482. The predicted molar refractivity (Wildman–Crippen MR) is 120 cm³/mol. The molecule has 9 heteroatoms. The molecule has 2 aromatic carbocycles. The maximum Gasteiger partial charge on any atom is 0.264 e. The highest BCUT2D eigenvalue weighted by atomic mass is 32.2. The van der Waals surface area contributed by atoms with E-state index in [0.29, 0.717) is 6.61 Å². The van der Waals surface area contributed by atoms with E-state index in [-0.39, 0.29) is 19.8 Å². The minimum absolute atomic E-state index is 0.0248. The highest BCUT2D eigenvalue weighted by Gasteiger charge is 2.63. The average Bonchev–Trinajstić information content (AvgIpc) is 3.20. The van der Waals surface area contributed by atoms with E-state index in [1.165, 1.54) is 0 Å². The minimum Gasteiger partial charge on any atom is -0.374 e. The average molecular weight is 479 g/mol. The van der Waals surface area contributed by atoms with Crippen molar-refractivity contribution in [2.24, 2.45) is 0 Å². The van der Waals surface area contributed by atoms with Gasteiger partial charge in [0.05, 0.1) is 26.1 Å². The van der Waals surface area contributed by atoms with Gasteiger partial charge in [0.1, 0.15) is 24.4 Å². The molecule has 0 saturated carbocycles. The second-order valence-corrected chi connectivity index (χ2v) is 10.5. The number of ether oxygens (including phenoxy) is 5. The molecule has 4 rings (SSSR count). The fraction of sp³-hybridized carbons (Fsp3) is 0.500. The van der Waals surface area contributed by atoms with Crippen molar-refractivity contribution in [1.82, 2.24) is 0 Å². The van der Waals surface area contributed by atoms with Crippen LogP contribution in [0, 0.1) is 0 Å². The van der Waals surface area contributed by atoms with E-state index in [1.807, 2.05) is 60.7 Å². The summed E-state index contributed by atoms with van der Waals surface area (Å²) in [5.41, 5.74) is 0.686. The second-order valence-electron chi connectivity index (χ2n) is 8.81. The molecule has 2 heterocycles. The van der Waals surface area contributed by atoms with Crippen molar-refractivity contribution < 1.29 is 36.3 Å². The third kappa shape index (κ3) is 6.19. The lowest BCUT2D eigenvalue weighted by Crippen LogP contribution is -2.53. The van der Waals surface area contributed by atoms with Crippen molar-refractivity contribution in [3.63, 3.8) is 0 Å². The van der Waals surface area contributed by atoms with Crippen molar-refractivity contribution in [3.05, 3.63) is 71.8 Å². The molecule has 2 aliphatic rings. The van der Waals surface area contributed by atoms with Crippen molar-refractivity contribution in [3.8, 4) is 0 Å². The van der Waals surface area contributed by atoms with E-state index in [4.69, 9.17) is 27.9 Å². The Bertz CT molecular complexity index is 1010. The van der Waals surface area contributed by atoms with E-state index in [0.717, 1.165) is 17.4 Å². The molecule has 0 aliphatic carbocycles. The fourth-order valence-corrected chi connectivity index (χ4v) is 4.47. The van der Waals surface area contributed by atoms with Crippen LogP contribution in [0.25, 0.3) is 0 Å². The lowest BCUT2D eigenvalue weighted by Gasteiger charge is -2.36. The molecule has 0 bridgehead atoms. The molecule has 0 N–H and O–H groups in total. The Morgan fingerprint density at radius 2 is 1.45 bits per heavy atom. The van der Waals surface area contributed by atoms with E-state index in [1.54, 1.807) is 13.8 Å². The van der Waals surface area contributed by atoms with Crippen LogP contribution in [-0.4, -0.2) is 57.8 Å². The molecule has 0 aromatic heterocycles. The standard InChI is InChI=1S/C24H30O8S/c1-23(2)30-20-21(28-15-19-12-8-5-9-13-19)24(32-22(20)31-23,17-29-33(3,25)26)16-27-14-18-10-6-4-7-11-18/h4-13,20-22H,14-17H2,1-3H3/t20-,21+,22+,24+/m1/s1. The molecule has 0 unspecified atom stereocenters. The van der Waals surface area contributed by atoms with Crippen molar-refractivity contribution in [2.75, 3.05) is 19.5 Å². The van der Waals surface area contributed by atoms with Crippen LogP contribution in [0.4, 0.5) is 0 Å². The second kappa shape index (κ2) is 9.79. The van der Waals surface area contributed by atoms with Gasteiger partial charge in [-0.05, 0) is 25.0 Å². The van der Waals surface area contributed by atoms with Gasteiger partial charge in [-0.2, -0.15) is 8.42 Å². The van der Waals surface area contributed by atoms with Gasteiger partial charge in [-0.25, -0.2) is 0 Å². The van der Waals surface area contributed by atoms with Crippen LogP contribution in [0.15, 0.2) is 60.7 Å². The van der Waals surface area contributed by atoms with Gasteiger partial charge in [-0.15, -0.1) is 0 Å². The maximum absolute atomic E-state index is 11.8. The first-order valence-corrected chi connectivity index (χ1v) is 12.6. The van der Waals surface area contributed by atoms with Gasteiger partial charge < -0.3 is 23.7 Å². The molecular weight excluding hydrogens is 448 g/mol. The zero-order chi connectivity index (χ0) is 23.5. The van der Waals surface area contributed by atoms with Crippen LogP contribution in [0.1, 0.15) is 25.0 Å². The molecule has 2 aromatic rings. The van der Waals surface area contributed by atoms with Gasteiger partial charge in [0.25, 0.3) is 10.1 Å². The Hall–Kier alpha value is -1.85. The van der Waals surface area contributed by atoms with E-state index >= 15 is 0 Å². The van der Waals surface area contributed by atoms with Gasteiger partial charge in [-0.3, -0.25) is 4.18 Å². The monoisotopic (exact) mass is 478 g/mol. The van der Waals surface area contributed by atoms with Crippen LogP contribution in [-0.2, 0) is 51.2 Å².